The number of hydrogen-bond donors (Lipinski definition) is 0. The fraction of sp³-hybridized carbons (Fsp3) is 0.250. The highest BCUT2D eigenvalue weighted by Crippen LogP contribution is 2.27. The second kappa shape index (κ2) is 6.44. The Hall–Kier alpha value is -0.990. The SMILES string of the molecule is Cc1ccccc1CN(C)c1ccc(Cl)cc1CBr. The second-order valence-electron chi connectivity index (χ2n) is 4.69. The Kier molecular flexibility index (Phi) is 4.89. The van der Waals surface area contributed by atoms with Crippen molar-refractivity contribution < 1.29 is 0 Å². The van der Waals surface area contributed by atoms with Gasteiger partial charge in [-0.25, -0.2) is 0 Å². The first-order chi connectivity index (χ1) is 9.11. The molecule has 0 N–H and O–H groups in total. The molecule has 0 fully saturated rings. The number of hydrogen-bond acceptors (Lipinski definition) is 1. The normalized spacial score (nSPS) is 10.5. The van der Waals surface area contributed by atoms with Gasteiger partial charge in [-0.3, -0.25) is 0 Å². The van der Waals surface area contributed by atoms with Crippen molar-refractivity contribution in [2.45, 2.75) is 18.8 Å². The summed E-state index contributed by atoms with van der Waals surface area (Å²) in [6.45, 7) is 3.05. The fourth-order valence-electron chi connectivity index (χ4n) is 2.16. The molecule has 0 heterocycles. The first kappa shape index (κ1) is 14.4. The summed E-state index contributed by atoms with van der Waals surface area (Å²) in [5.41, 5.74) is 5.09. The van der Waals surface area contributed by atoms with E-state index in [1.807, 2.05) is 12.1 Å². The van der Waals surface area contributed by atoms with Gasteiger partial charge < -0.3 is 4.90 Å². The molecule has 0 aliphatic heterocycles. The predicted octanol–water partition coefficient (Wildman–Crippen LogP) is 5.18. The van der Waals surface area contributed by atoms with Crippen LogP contribution in [0.3, 0.4) is 0 Å². The van der Waals surface area contributed by atoms with Gasteiger partial charge in [0.1, 0.15) is 0 Å². The topological polar surface area (TPSA) is 3.24 Å². The van der Waals surface area contributed by atoms with Gasteiger partial charge in [0, 0.05) is 29.6 Å². The highest BCUT2D eigenvalue weighted by molar-refractivity contribution is 9.08. The molecule has 0 saturated heterocycles. The highest BCUT2D eigenvalue weighted by Gasteiger charge is 2.09. The van der Waals surface area contributed by atoms with Crippen molar-refractivity contribution in [2.75, 3.05) is 11.9 Å². The van der Waals surface area contributed by atoms with Crippen molar-refractivity contribution in [3.05, 3.63) is 64.2 Å². The standard InChI is InChI=1S/C16H17BrClN/c1-12-5-3-4-6-13(12)11-19(2)16-8-7-15(18)9-14(16)10-17/h3-9H,10-11H2,1-2H3. The molecule has 2 rings (SSSR count). The molecule has 0 spiro atoms. The summed E-state index contributed by atoms with van der Waals surface area (Å²) >= 11 is 9.57. The third-order valence-corrected chi connectivity index (χ3v) is 4.10. The van der Waals surface area contributed by atoms with Crippen LogP contribution >= 0.6 is 27.5 Å². The van der Waals surface area contributed by atoms with Crippen LogP contribution in [0.25, 0.3) is 0 Å². The van der Waals surface area contributed by atoms with Crippen LogP contribution in [0.1, 0.15) is 16.7 Å². The van der Waals surface area contributed by atoms with Crippen molar-refractivity contribution in [1.29, 1.82) is 0 Å². The van der Waals surface area contributed by atoms with E-state index < -0.39 is 0 Å². The zero-order valence-corrected chi connectivity index (χ0v) is 13.5. The molecule has 0 bridgehead atoms. The van der Waals surface area contributed by atoms with E-state index in [4.69, 9.17) is 11.6 Å². The summed E-state index contributed by atoms with van der Waals surface area (Å²) in [5.74, 6) is 0. The van der Waals surface area contributed by atoms with Crippen LogP contribution in [-0.2, 0) is 11.9 Å². The number of rotatable bonds is 4. The molecule has 3 heteroatoms. The third kappa shape index (κ3) is 3.52. The largest absolute Gasteiger partial charge is 0.370 e. The molecule has 0 aliphatic rings. The summed E-state index contributed by atoms with van der Waals surface area (Å²) < 4.78 is 0. The third-order valence-electron chi connectivity index (χ3n) is 3.27. The minimum atomic E-state index is 0.780. The number of alkyl halides is 1. The summed E-state index contributed by atoms with van der Waals surface area (Å²) in [7, 11) is 2.11. The van der Waals surface area contributed by atoms with E-state index in [1.165, 1.54) is 22.4 Å². The van der Waals surface area contributed by atoms with E-state index >= 15 is 0 Å². The Morgan fingerprint density at radius 3 is 2.53 bits per heavy atom. The first-order valence-corrected chi connectivity index (χ1v) is 7.72. The summed E-state index contributed by atoms with van der Waals surface area (Å²) in [4.78, 5) is 2.26. The van der Waals surface area contributed by atoms with Gasteiger partial charge in [-0.1, -0.05) is 51.8 Å². The van der Waals surface area contributed by atoms with E-state index in [1.54, 1.807) is 0 Å². The molecule has 0 saturated carbocycles. The molecule has 0 aromatic heterocycles. The van der Waals surface area contributed by atoms with Crippen LogP contribution in [0.15, 0.2) is 42.5 Å². The van der Waals surface area contributed by atoms with Gasteiger partial charge in [0.15, 0.2) is 0 Å². The average molecular weight is 339 g/mol. The van der Waals surface area contributed by atoms with Crippen LogP contribution in [0.4, 0.5) is 5.69 Å². The number of nitrogens with zero attached hydrogens (tertiary/aromatic N) is 1. The van der Waals surface area contributed by atoms with Gasteiger partial charge in [0.25, 0.3) is 0 Å². The number of aryl methyl sites for hydroxylation is 1. The summed E-state index contributed by atoms with van der Waals surface area (Å²) in [5, 5.41) is 1.59. The molecule has 2 aromatic carbocycles. The Bertz CT molecular complexity index is 568. The van der Waals surface area contributed by atoms with E-state index in [-0.39, 0.29) is 0 Å². The molecule has 0 amide bonds. The van der Waals surface area contributed by atoms with Crippen molar-refractivity contribution in [3.8, 4) is 0 Å². The quantitative estimate of drug-likeness (QED) is 0.694. The highest BCUT2D eigenvalue weighted by atomic mass is 79.9. The zero-order chi connectivity index (χ0) is 13.8. The Balaban J connectivity index is 2.25. The van der Waals surface area contributed by atoms with Crippen LogP contribution < -0.4 is 4.90 Å². The zero-order valence-electron chi connectivity index (χ0n) is 11.2. The Morgan fingerprint density at radius 1 is 1.11 bits per heavy atom. The number of halogens is 2. The molecule has 1 nitrogen and oxygen atoms in total. The van der Waals surface area contributed by atoms with E-state index in [2.05, 4.69) is 65.1 Å². The number of benzene rings is 2. The molecule has 0 unspecified atom stereocenters. The lowest BCUT2D eigenvalue weighted by Crippen LogP contribution is -2.18. The number of anilines is 1. The average Bonchev–Trinajstić information content (AvgIpc) is 2.41. The summed E-state index contributed by atoms with van der Waals surface area (Å²) in [6.07, 6.45) is 0. The smallest absolute Gasteiger partial charge is 0.0428 e. The first-order valence-electron chi connectivity index (χ1n) is 6.22. The molecule has 19 heavy (non-hydrogen) atoms. The van der Waals surface area contributed by atoms with Crippen LogP contribution in [0.2, 0.25) is 5.02 Å². The van der Waals surface area contributed by atoms with E-state index in [0.29, 0.717) is 0 Å². The molecular weight excluding hydrogens is 322 g/mol. The van der Waals surface area contributed by atoms with Crippen molar-refractivity contribution >= 4 is 33.2 Å². The monoisotopic (exact) mass is 337 g/mol. The van der Waals surface area contributed by atoms with Gasteiger partial charge in [-0.05, 0) is 41.8 Å². The Morgan fingerprint density at radius 2 is 1.84 bits per heavy atom. The maximum Gasteiger partial charge on any atom is 0.0428 e. The fourth-order valence-corrected chi connectivity index (χ4v) is 2.81. The lowest BCUT2D eigenvalue weighted by atomic mass is 10.1. The predicted molar refractivity (Wildman–Crippen MR) is 87.4 cm³/mol. The van der Waals surface area contributed by atoms with Gasteiger partial charge in [0.05, 0.1) is 0 Å². The van der Waals surface area contributed by atoms with Crippen molar-refractivity contribution in [3.63, 3.8) is 0 Å². The maximum absolute atomic E-state index is 6.05. The molecule has 0 aliphatic carbocycles. The molecule has 0 radical (unpaired) electrons. The van der Waals surface area contributed by atoms with E-state index in [0.717, 1.165) is 16.9 Å². The molecule has 100 valence electrons. The van der Waals surface area contributed by atoms with Crippen LogP contribution in [-0.4, -0.2) is 7.05 Å². The van der Waals surface area contributed by atoms with E-state index in [9.17, 15) is 0 Å². The van der Waals surface area contributed by atoms with Gasteiger partial charge >= 0.3 is 0 Å². The molecule has 2 aromatic rings. The van der Waals surface area contributed by atoms with Crippen LogP contribution in [0.5, 0.6) is 0 Å². The van der Waals surface area contributed by atoms with Crippen molar-refractivity contribution in [1.82, 2.24) is 0 Å². The maximum atomic E-state index is 6.05. The second-order valence-corrected chi connectivity index (χ2v) is 5.69. The van der Waals surface area contributed by atoms with Gasteiger partial charge in [-0.2, -0.15) is 0 Å². The van der Waals surface area contributed by atoms with Crippen molar-refractivity contribution in [2.24, 2.45) is 0 Å². The van der Waals surface area contributed by atoms with Gasteiger partial charge in [0.2, 0.25) is 0 Å². The van der Waals surface area contributed by atoms with Crippen LogP contribution in [0, 0.1) is 6.92 Å². The molecular formula is C16H17BrClN. The lowest BCUT2D eigenvalue weighted by molar-refractivity contribution is 0.908. The minimum Gasteiger partial charge on any atom is -0.370 e. The lowest BCUT2D eigenvalue weighted by Gasteiger charge is -2.23. The molecule has 0 atom stereocenters. The van der Waals surface area contributed by atoms with Gasteiger partial charge in [-0.15, -0.1) is 0 Å². The minimum absolute atomic E-state index is 0.780. The summed E-state index contributed by atoms with van der Waals surface area (Å²) in [6, 6.07) is 14.5. The Labute approximate surface area is 128 Å².